The second-order valence-electron chi connectivity index (χ2n) is 4.99. The Bertz CT molecular complexity index is 856. The van der Waals surface area contributed by atoms with Gasteiger partial charge in [0, 0.05) is 23.0 Å². The van der Waals surface area contributed by atoms with Crippen LogP contribution in [0.4, 0.5) is 0 Å². The van der Waals surface area contributed by atoms with Gasteiger partial charge in [-0.25, -0.2) is 0 Å². The summed E-state index contributed by atoms with van der Waals surface area (Å²) in [5.74, 6) is 1.78. The molecule has 0 aliphatic heterocycles. The van der Waals surface area contributed by atoms with Gasteiger partial charge in [0.2, 0.25) is 0 Å². The van der Waals surface area contributed by atoms with Crippen LogP contribution < -0.4 is 4.74 Å². The van der Waals surface area contributed by atoms with Gasteiger partial charge in [0.1, 0.15) is 23.9 Å². The summed E-state index contributed by atoms with van der Waals surface area (Å²) >= 11 is 5.90. The number of furan rings is 1. The summed E-state index contributed by atoms with van der Waals surface area (Å²) in [5.41, 5.74) is 0.532. The zero-order chi connectivity index (χ0) is 16.8. The molecular weight excluding hydrogens is 326 g/mol. The summed E-state index contributed by atoms with van der Waals surface area (Å²) < 4.78 is 11.2. The number of carbonyl (C=O) groups is 1. The lowest BCUT2D eigenvalue weighted by Gasteiger charge is -2.03. The monoisotopic (exact) mass is 339 g/mol. The highest BCUT2D eigenvalue weighted by Gasteiger charge is 2.04. The number of ketones is 1. The van der Waals surface area contributed by atoms with Crippen molar-refractivity contribution in [1.82, 2.24) is 4.98 Å². The van der Waals surface area contributed by atoms with Crippen LogP contribution in [0.3, 0.4) is 0 Å². The van der Waals surface area contributed by atoms with Crippen molar-refractivity contribution in [3.05, 3.63) is 89.1 Å². The summed E-state index contributed by atoms with van der Waals surface area (Å²) in [7, 11) is 0. The standard InChI is InChI=1S/C19H14ClNO3/c20-15-4-1-5-17(11-15)23-13-18-7-6-16(24-18)8-9-19(22)14-3-2-10-21-12-14/h1-12H,13H2/b9-8+. The number of allylic oxidation sites excluding steroid dienone is 1. The third-order valence-electron chi connectivity index (χ3n) is 3.20. The van der Waals surface area contributed by atoms with Crippen molar-refractivity contribution >= 4 is 23.5 Å². The molecule has 0 aliphatic rings. The van der Waals surface area contributed by atoms with Crippen LogP contribution in [0.25, 0.3) is 6.08 Å². The van der Waals surface area contributed by atoms with Crippen molar-refractivity contribution in [2.24, 2.45) is 0 Å². The van der Waals surface area contributed by atoms with Crippen LogP contribution in [0.2, 0.25) is 5.02 Å². The first-order chi connectivity index (χ1) is 11.7. The van der Waals surface area contributed by atoms with Crippen molar-refractivity contribution in [3.63, 3.8) is 0 Å². The first-order valence-corrected chi connectivity index (χ1v) is 7.68. The highest BCUT2D eigenvalue weighted by Crippen LogP contribution is 2.19. The maximum Gasteiger partial charge on any atom is 0.187 e. The van der Waals surface area contributed by atoms with Crippen LogP contribution in [-0.4, -0.2) is 10.8 Å². The first-order valence-electron chi connectivity index (χ1n) is 7.30. The average molecular weight is 340 g/mol. The fraction of sp³-hybridized carbons (Fsp3) is 0.0526. The van der Waals surface area contributed by atoms with E-state index in [-0.39, 0.29) is 12.4 Å². The van der Waals surface area contributed by atoms with E-state index in [0.29, 0.717) is 27.9 Å². The normalized spacial score (nSPS) is 10.9. The average Bonchev–Trinajstić information content (AvgIpc) is 3.07. The molecule has 2 heterocycles. The van der Waals surface area contributed by atoms with Crippen LogP contribution in [0.5, 0.6) is 5.75 Å². The number of rotatable bonds is 6. The van der Waals surface area contributed by atoms with Gasteiger partial charge < -0.3 is 9.15 Å². The summed E-state index contributed by atoms with van der Waals surface area (Å²) in [6, 6.07) is 14.2. The minimum Gasteiger partial charge on any atom is -0.486 e. The van der Waals surface area contributed by atoms with E-state index in [1.54, 1.807) is 48.7 Å². The van der Waals surface area contributed by atoms with Gasteiger partial charge in [0.15, 0.2) is 5.78 Å². The molecule has 5 heteroatoms. The second-order valence-corrected chi connectivity index (χ2v) is 5.43. The SMILES string of the molecule is O=C(/C=C/c1ccc(COc2cccc(Cl)c2)o1)c1cccnc1. The van der Waals surface area contributed by atoms with Gasteiger partial charge in [0.25, 0.3) is 0 Å². The van der Waals surface area contributed by atoms with Gasteiger partial charge in [-0.2, -0.15) is 0 Å². The topological polar surface area (TPSA) is 52.3 Å². The Morgan fingerprint density at radius 3 is 2.92 bits per heavy atom. The highest BCUT2D eigenvalue weighted by atomic mass is 35.5. The number of nitrogens with zero attached hydrogens (tertiary/aromatic N) is 1. The molecule has 0 N–H and O–H groups in total. The van der Waals surface area contributed by atoms with E-state index in [2.05, 4.69) is 4.98 Å². The number of carbonyl (C=O) groups excluding carboxylic acids is 1. The molecule has 0 unspecified atom stereocenters. The van der Waals surface area contributed by atoms with Crippen molar-refractivity contribution in [1.29, 1.82) is 0 Å². The zero-order valence-corrected chi connectivity index (χ0v) is 13.4. The van der Waals surface area contributed by atoms with E-state index in [9.17, 15) is 4.79 Å². The summed E-state index contributed by atoms with van der Waals surface area (Å²) in [4.78, 5) is 15.9. The Hall–Kier alpha value is -2.85. The maximum atomic E-state index is 12.0. The van der Waals surface area contributed by atoms with Crippen LogP contribution in [0.1, 0.15) is 21.9 Å². The lowest BCUT2D eigenvalue weighted by atomic mass is 10.2. The molecule has 0 saturated heterocycles. The molecule has 0 fully saturated rings. The Labute approximate surface area is 144 Å². The maximum absolute atomic E-state index is 12.0. The van der Waals surface area contributed by atoms with E-state index < -0.39 is 0 Å². The smallest absolute Gasteiger partial charge is 0.187 e. The Balaban J connectivity index is 1.59. The summed E-state index contributed by atoms with van der Waals surface area (Å²) in [6.45, 7) is 0.282. The minimum atomic E-state index is -0.128. The Morgan fingerprint density at radius 1 is 1.21 bits per heavy atom. The van der Waals surface area contributed by atoms with E-state index in [1.165, 1.54) is 12.3 Å². The van der Waals surface area contributed by atoms with E-state index >= 15 is 0 Å². The van der Waals surface area contributed by atoms with Crippen LogP contribution in [0, 0.1) is 0 Å². The third kappa shape index (κ3) is 4.33. The fourth-order valence-corrected chi connectivity index (χ4v) is 2.22. The van der Waals surface area contributed by atoms with Gasteiger partial charge >= 0.3 is 0 Å². The van der Waals surface area contributed by atoms with Crippen LogP contribution >= 0.6 is 11.6 Å². The molecule has 120 valence electrons. The number of hydrogen-bond acceptors (Lipinski definition) is 4. The van der Waals surface area contributed by atoms with Gasteiger partial charge in [-0.3, -0.25) is 9.78 Å². The molecule has 0 spiro atoms. The number of aromatic nitrogens is 1. The van der Waals surface area contributed by atoms with Crippen molar-refractivity contribution in [3.8, 4) is 5.75 Å². The quantitative estimate of drug-likeness (QED) is 0.478. The predicted molar refractivity (Wildman–Crippen MR) is 92.1 cm³/mol. The molecule has 4 nitrogen and oxygen atoms in total. The van der Waals surface area contributed by atoms with E-state index in [4.69, 9.17) is 20.8 Å². The molecule has 2 aromatic heterocycles. The second kappa shape index (κ2) is 7.62. The molecular formula is C19H14ClNO3. The van der Waals surface area contributed by atoms with Gasteiger partial charge in [0.05, 0.1) is 0 Å². The molecule has 0 bridgehead atoms. The molecule has 3 rings (SSSR count). The molecule has 0 amide bonds. The number of hydrogen-bond donors (Lipinski definition) is 0. The van der Waals surface area contributed by atoms with Gasteiger partial charge in [-0.1, -0.05) is 17.7 Å². The predicted octanol–water partition coefficient (Wildman–Crippen LogP) is 4.80. The summed E-state index contributed by atoms with van der Waals surface area (Å²) in [6.07, 6.45) is 6.23. The van der Waals surface area contributed by atoms with E-state index in [0.717, 1.165) is 0 Å². The molecule has 3 aromatic rings. The minimum absolute atomic E-state index is 0.128. The molecule has 1 aromatic carbocycles. The number of pyridine rings is 1. The van der Waals surface area contributed by atoms with Crippen molar-refractivity contribution in [2.45, 2.75) is 6.61 Å². The molecule has 24 heavy (non-hydrogen) atoms. The largest absolute Gasteiger partial charge is 0.486 e. The van der Waals surface area contributed by atoms with Crippen LogP contribution in [0.15, 0.2) is 71.4 Å². The van der Waals surface area contributed by atoms with E-state index in [1.807, 2.05) is 12.1 Å². The molecule has 0 saturated carbocycles. The van der Waals surface area contributed by atoms with Crippen LogP contribution in [-0.2, 0) is 6.61 Å². The number of halogens is 1. The van der Waals surface area contributed by atoms with Crippen molar-refractivity contribution < 1.29 is 13.9 Å². The van der Waals surface area contributed by atoms with Gasteiger partial charge in [-0.05, 0) is 54.6 Å². The molecule has 0 aliphatic carbocycles. The van der Waals surface area contributed by atoms with Gasteiger partial charge in [-0.15, -0.1) is 0 Å². The lowest BCUT2D eigenvalue weighted by Crippen LogP contribution is -1.94. The summed E-state index contributed by atoms with van der Waals surface area (Å²) in [5, 5.41) is 0.615. The molecule has 0 radical (unpaired) electrons. The Kier molecular flexibility index (Phi) is 5.08. The zero-order valence-electron chi connectivity index (χ0n) is 12.7. The number of benzene rings is 1. The molecule has 0 atom stereocenters. The third-order valence-corrected chi connectivity index (χ3v) is 3.44. The fourth-order valence-electron chi connectivity index (χ4n) is 2.04. The first kappa shape index (κ1) is 16.0. The highest BCUT2D eigenvalue weighted by molar-refractivity contribution is 6.30. The number of ether oxygens (including phenoxy) is 1. The van der Waals surface area contributed by atoms with Crippen molar-refractivity contribution in [2.75, 3.05) is 0 Å². The Morgan fingerprint density at radius 2 is 2.12 bits per heavy atom. The lowest BCUT2D eigenvalue weighted by molar-refractivity contribution is 0.104.